The zero-order chi connectivity index (χ0) is 85.0. The second-order valence-corrected chi connectivity index (χ2v) is 37.1. The van der Waals surface area contributed by atoms with Gasteiger partial charge < -0.3 is 68.0 Å². The zero-order valence-corrected chi connectivity index (χ0v) is 71.7. The number of ether oxygens (including phenoxy) is 10. The van der Waals surface area contributed by atoms with Gasteiger partial charge in [0.2, 0.25) is 5.91 Å². The highest BCUT2D eigenvalue weighted by Gasteiger charge is 2.39. The van der Waals surface area contributed by atoms with Crippen LogP contribution in [0.3, 0.4) is 0 Å². The van der Waals surface area contributed by atoms with Gasteiger partial charge in [-0.15, -0.1) is 0 Å². The van der Waals surface area contributed by atoms with E-state index in [0.29, 0.717) is 0 Å². The molecule has 109 heavy (non-hydrogen) atoms. The summed E-state index contributed by atoms with van der Waals surface area (Å²) in [7, 11) is 0. The predicted octanol–water partition coefficient (Wildman–Crippen LogP) is 3.59. The van der Waals surface area contributed by atoms with Gasteiger partial charge in [0.1, 0.15) is 68.3 Å². The van der Waals surface area contributed by atoms with Crippen LogP contribution in [0.4, 0.5) is 0 Å². The van der Waals surface area contributed by atoms with E-state index in [1.165, 1.54) is 29.4 Å². The average Bonchev–Trinajstić information content (AvgIpc) is 0.843. The lowest BCUT2D eigenvalue weighted by Gasteiger charge is -2.38. The van der Waals surface area contributed by atoms with E-state index in [-0.39, 0.29) is 58.9 Å². The highest BCUT2D eigenvalue weighted by Crippen LogP contribution is 2.20. The number of esters is 10. The van der Waals surface area contributed by atoms with Crippen molar-refractivity contribution in [3.8, 4) is 0 Å². The third kappa shape index (κ3) is 56.6. The molecule has 0 aromatic heterocycles. The molecule has 5 N–H and O–H groups in total. The van der Waals surface area contributed by atoms with E-state index in [4.69, 9.17) is 47.4 Å². The van der Waals surface area contributed by atoms with Crippen molar-refractivity contribution in [2.24, 2.45) is 0 Å². The Morgan fingerprint density at radius 3 is 0.743 bits per heavy atom. The molecule has 0 saturated heterocycles. The van der Waals surface area contributed by atoms with Gasteiger partial charge in [-0.2, -0.15) is 0 Å². The molecule has 3 unspecified atom stereocenters. The predicted molar refractivity (Wildman–Crippen MR) is 407 cm³/mol. The smallest absolute Gasteiger partial charge is 0.320 e. The molecule has 0 spiro atoms. The van der Waals surface area contributed by atoms with Gasteiger partial charge in [0, 0.05) is 72.0 Å². The summed E-state index contributed by atoms with van der Waals surface area (Å²) < 4.78 is 57.0. The van der Waals surface area contributed by atoms with Crippen LogP contribution < -0.4 is 10.6 Å². The van der Waals surface area contributed by atoms with E-state index in [0.717, 1.165) is 0 Å². The van der Waals surface area contributed by atoms with Crippen LogP contribution >= 0.6 is 0 Å². The normalized spacial score (nSPS) is 14.0. The highest BCUT2D eigenvalue weighted by molar-refractivity contribution is 5.85. The van der Waals surface area contributed by atoms with Crippen molar-refractivity contribution in [2.75, 3.05) is 137 Å². The summed E-state index contributed by atoms with van der Waals surface area (Å²) in [5, 5.41) is 39.6. The Morgan fingerprint density at radius 2 is 0.486 bits per heavy atom. The van der Waals surface area contributed by atoms with Gasteiger partial charge in [-0.3, -0.25) is 92.4 Å². The van der Waals surface area contributed by atoms with E-state index in [2.05, 4.69) is 10.6 Å². The van der Waals surface area contributed by atoms with E-state index >= 15 is 4.79 Å². The molecule has 0 aliphatic carbocycles. The molecule has 0 aliphatic rings. The Balaban J connectivity index is 8.29. The van der Waals surface area contributed by atoms with Crippen LogP contribution in [0.15, 0.2) is 0 Å². The number of hydrogen-bond acceptors (Lipinski definition) is 32. The molecule has 0 fully saturated rings. The summed E-state index contributed by atoms with van der Waals surface area (Å²) >= 11 is 0. The Morgan fingerprint density at radius 1 is 0.266 bits per heavy atom. The first-order chi connectivity index (χ1) is 48.9. The summed E-state index contributed by atoms with van der Waals surface area (Å²) in [5.41, 5.74) is -9.78. The summed E-state index contributed by atoms with van der Waals surface area (Å²) in [6.07, 6.45) is -3.71. The van der Waals surface area contributed by atoms with E-state index in [9.17, 15) is 63.3 Å². The topological polar surface area (TPSA) is 388 Å². The highest BCUT2D eigenvalue weighted by atomic mass is 16.6. The van der Waals surface area contributed by atoms with E-state index < -0.39 is 225 Å². The first kappa shape index (κ1) is 103. The number of aliphatic hydroxyl groups is 3. The molecule has 0 heterocycles. The van der Waals surface area contributed by atoms with E-state index in [1.807, 2.05) is 0 Å². The molecular weight excluding hydrogens is 1420 g/mol. The largest absolute Gasteiger partial charge is 0.459 e. The Hall–Kier alpha value is -6.27. The second-order valence-electron chi connectivity index (χ2n) is 37.1. The number of carbonyl (C=O) groups is 11. The maximum Gasteiger partial charge on any atom is 0.320 e. The van der Waals surface area contributed by atoms with Crippen LogP contribution in [0.25, 0.3) is 0 Å². The molecule has 0 saturated carbocycles. The van der Waals surface area contributed by atoms with Gasteiger partial charge in [0.05, 0.1) is 71.5 Å². The number of rotatable bonds is 43. The fourth-order valence-corrected chi connectivity index (χ4v) is 10.3. The van der Waals surface area contributed by atoms with Gasteiger partial charge in [-0.1, -0.05) is 0 Å². The third-order valence-corrected chi connectivity index (χ3v) is 13.5. The SMILES string of the molecule is CC(C)(C)OC(=O)CN(CCN(CC(=O)OC(C)(C)C)CC(C(=O)NCCN(CCNC(O)C(CN(CCN(CC(=O)OC(C)(C)C)CC(=O)OC(C)(C)C)CC(=O)OC(C)(C)C)N(CC(=O)OC(C)(C)C)CC(=O)OC(C)(C)C)CC(O)O)N(CC(=O)OC(C)(C)C)CC(=O)OC(C)(C)C)CC(=O)OC(C)(C)C. The Kier molecular flexibility index (Phi) is 41.7. The van der Waals surface area contributed by atoms with Crippen LogP contribution in [0, 0.1) is 0 Å². The van der Waals surface area contributed by atoms with Crippen molar-refractivity contribution in [2.45, 2.75) is 288 Å². The lowest BCUT2D eigenvalue weighted by atomic mass is 10.1. The number of aliphatic hydroxyl groups excluding tert-OH is 2. The maximum atomic E-state index is 15.3. The Labute approximate surface area is 649 Å². The maximum absolute atomic E-state index is 15.3. The van der Waals surface area contributed by atoms with Gasteiger partial charge in [0.25, 0.3) is 0 Å². The van der Waals surface area contributed by atoms with Gasteiger partial charge in [-0.05, 0) is 208 Å². The lowest BCUT2D eigenvalue weighted by Crippen LogP contribution is -2.59. The van der Waals surface area contributed by atoms with Gasteiger partial charge >= 0.3 is 59.7 Å². The minimum Gasteiger partial charge on any atom is -0.459 e. The summed E-state index contributed by atoms with van der Waals surface area (Å²) in [5.74, 6) is -8.33. The lowest BCUT2D eigenvalue weighted by molar-refractivity contribution is -0.165. The van der Waals surface area contributed by atoms with Crippen molar-refractivity contribution < 1.29 is 115 Å². The first-order valence-corrected chi connectivity index (χ1v) is 37.3. The standard InChI is InChI=1S/C76H141N9O24/c1-67(2,3)100-55(88)42-80(35-37-82(44-57(90)102-69(7,8)9)45-58(91)103-70(10,11)12)39-52(84(48-61(94)106-73(19,20)21)49-62(95)107-74(22,23)24)65(98)77-31-33-79(41-54(86)87)34-32-78-66(99)53(85(50-63(96)108-75(25,26)27)51-64(97)109-76(28,29)30)40-81(43-56(89)101-68(4,5)6)36-38-83(46-59(92)104-71(13,14)15)47-60(93)105-72(16,17)18/h52-54,65,77,86-87,98H,31-51H2,1-30H3,(H,78,99). The quantitative estimate of drug-likeness (QED) is 0.0331. The first-order valence-electron chi connectivity index (χ1n) is 37.3. The van der Waals surface area contributed by atoms with Crippen LogP contribution in [-0.4, -0.2) is 333 Å². The molecule has 33 nitrogen and oxygen atoms in total. The molecule has 0 aromatic rings. The van der Waals surface area contributed by atoms with Crippen molar-refractivity contribution in [3.05, 3.63) is 0 Å². The van der Waals surface area contributed by atoms with Crippen LogP contribution in [0.1, 0.15) is 208 Å². The number of hydrogen-bond donors (Lipinski definition) is 5. The molecular formula is C76H141N9O24. The fraction of sp³-hybridized carbons (Fsp3) is 0.855. The zero-order valence-electron chi connectivity index (χ0n) is 71.7. The van der Waals surface area contributed by atoms with Crippen LogP contribution in [-0.2, 0) is 100 Å². The molecule has 0 bridgehead atoms. The van der Waals surface area contributed by atoms with Crippen molar-refractivity contribution >= 4 is 65.6 Å². The second kappa shape index (κ2) is 44.3. The number of amides is 1. The number of carbonyl (C=O) groups excluding carboxylic acids is 11. The molecule has 634 valence electrons. The third-order valence-electron chi connectivity index (χ3n) is 13.5. The summed E-state index contributed by atoms with van der Waals surface area (Å²) in [6, 6.07) is -2.88. The fourth-order valence-electron chi connectivity index (χ4n) is 10.3. The van der Waals surface area contributed by atoms with Gasteiger partial charge in [0.15, 0.2) is 6.29 Å². The summed E-state index contributed by atoms with van der Waals surface area (Å²) in [4.78, 5) is 163. The molecule has 33 heteroatoms. The van der Waals surface area contributed by atoms with E-state index in [1.54, 1.807) is 213 Å². The molecule has 0 radical (unpaired) electrons. The minimum atomic E-state index is -1.98. The summed E-state index contributed by atoms with van der Waals surface area (Å²) in [6.45, 7) is 42.0. The van der Waals surface area contributed by atoms with Crippen molar-refractivity contribution in [1.82, 2.24) is 44.9 Å². The van der Waals surface area contributed by atoms with Gasteiger partial charge in [-0.25, -0.2) is 0 Å². The monoisotopic (exact) mass is 1560 g/mol. The molecule has 3 atom stereocenters. The molecule has 0 rings (SSSR count). The van der Waals surface area contributed by atoms with Crippen LogP contribution in [0.2, 0.25) is 0 Å². The number of nitrogens with one attached hydrogen (secondary N) is 2. The molecule has 1 amide bonds. The van der Waals surface area contributed by atoms with Crippen molar-refractivity contribution in [3.63, 3.8) is 0 Å². The molecule has 0 aliphatic heterocycles. The Bertz CT molecular complexity index is 2780. The van der Waals surface area contributed by atoms with Crippen LogP contribution in [0.5, 0.6) is 0 Å². The minimum absolute atomic E-state index is 0.102. The average molecular weight is 1570 g/mol. The van der Waals surface area contributed by atoms with Crippen molar-refractivity contribution in [1.29, 1.82) is 0 Å². The number of nitrogens with zero attached hydrogens (tertiary/aromatic N) is 7. The molecule has 0 aromatic carbocycles.